The van der Waals surface area contributed by atoms with Gasteiger partial charge in [0.05, 0.1) is 16.8 Å². The van der Waals surface area contributed by atoms with E-state index in [0.29, 0.717) is 6.61 Å². The van der Waals surface area contributed by atoms with Crippen molar-refractivity contribution in [2.45, 2.75) is 13.5 Å². The first-order valence-corrected chi connectivity index (χ1v) is 7.43. The second kappa shape index (κ2) is 6.31. The van der Waals surface area contributed by atoms with Crippen LogP contribution < -0.4 is 10.1 Å². The minimum Gasteiger partial charge on any atom is -0.493 e. The molecule has 0 saturated heterocycles. The van der Waals surface area contributed by atoms with Gasteiger partial charge in [0.1, 0.15) is 10.8 Å². The number of nitrogens with zero attached hydrogens (tertiary/aromatic N) is 1. The van der Waals surface area contributed by atoms with Gasteiger partial charge < -0.3 is 10.1 Å². The topological polar surface area (TPSA) is 34.1 Å². The smallest absolute Gasteiger partial charge is 0.133 e. The van der Waals surface area contributed by atoms with Gasteiger partial charge in [-0.1, -0.05) is 0 Å². The lowest BCUT2D eigenvalue weighted by atomic mass is 10.2. The summed E-state index contributed by atoms with van der Waals surface area (Å²) >= 11 is 5.19. The maximum atomic E-state index is 5.50. The molecule has 0 saturated carbocycles. The summed E-state index contributed by atoms with van der Waals surface area (Å²) in [4.78, 5) is 4.58. The predicted octanol–water partition coefficient (Wildman–Crippen LogP) is 3.69. The third-order valence-electron chi connectivity index (χ3n) is 2.41. The molecule has 96 valence electrons. The van der Waals surface area contributed by atoms with Gasteiger partial charge in [-0.25, -0.2) is 4.98 Å². The molecule has 0 aliphatic rings. The number of aromatic nitrogens is 1. The summed E-state index contributed by atoms with van der Waals surface area (Å²) in [5.74, 6) is 0.868. The average molecular weight is 327 g/mol. The number of rotatable bonds is 5. The van der Waals surface area contributed by atoms with Crippen LogP contribution in [-0.4, -0.2) is 18.6 Å². The van der Waals surface area contributed by atoms with Crippen LogP contribution in [0.15, 0.2) is 28.1 Å². The van der Waals surface area contributed by atoms with Crippen molar-refractivity contribution in [1.29, 1.82) is 0 Å². The predicted molar refractivity (Wildman–Crippen MR) is 79.2 cm³/mol. The fourth-order valence-electron chi connectivity index (χ4n) is 1.61. The van der Waals surface area contributed by atoms with Gasteiger partial charge in [-0.15, -0.1) is 11.3 Å². The third kappa shape index (κ3) is 3.10. The first-order valence-electron chi connectivity index (χ1n) is 5.76. The largest absolute Gasteiger partial charge is 0.493 e. The Labute approximate surface area is 119 Å². The molecule has 18 heavy (non-hydrogen) atoms. The van der Waals surface area contributed by atoms with E-state index in [1.54, 1.807) is 11.3 Å². The molecule has 1 N–H and O–H groups in total. The summed E-state index contributed by atoms with van der Waals surface area (Å²) in [7, 11) is 1.93. The van der Waals surface area contributed by atoms with E-state index in [1.165, 1.54) is 0 Å². The third-order valence-corrected chi connectivity index (χ3v) is 3.88. The Morgan fingerprint density at radius 2 is 2.28 bits per heavy atom. The Hall–Kier alpha value is -0.910. The Bertz CT molecular complexity index is 527. The monoisotopic (exact) mass is 326 g/mol. The fourth-order valence-corrected chi connectivity index (χ4v) is 2.92. The van der Waals surface area contributed by atoms with Crippen molar-refractivity contribution in [1.82, 2.24) is 10.3 Å². The summed E-state index contributed by atoms with van der Waals surface area (Å²) in [6.07, 6.45) is 0. The first-order chi connectivity index (χ1) is 8.74. The molecule has 0 bridgehead atoms. The highest BCUT2D eigenvalue weighted by molar-refractivity contribution is 9.10. The van der Waals surface area contributed by atoms with Crippen LogP contribution in [0.2, 0.25) is 0 Å². The summed E-state index contributed by atoms with van der Waals surface area (Å²) in [5, 5.41) is 6.28. The summed E-state index contributed by atoms with van der Waals surface area (Å²) < 4.78 is 6.46. The van der Waals surface area contributed by atoms with E-state index >= 15 is 0 Å². The molecule has 0 aliphatic carbocycles. The van der Waals surface area contributed by atoms with Gasteiger partial charge >= 0.3 is 0 Å². The highest BCUT2D eigenvalue weighted by Gasteiger charge is 2.07. The second-order valence-corrected chi connectivity index (χ2v) is 5.53. The lowest BCUT2D eigenvalue weighted by Crippen LogP contribution is -2.04. The molecule has 0 amide bonds. The molecular weight excluding hydrogens is 312 g/mol. The normalized spacial score (nSPS) is 10.6. The Morgan fingerprint density at radius 3 is 2.94 bits per heavy atom. The standard InChI is InChI=1S/C13H15BrN2OS/c1-3-17-12-5-4-9(6-10(12)14)11-8-18-13(16-11)7-15-2/h4-6,8,15H,3,7H2,1-2H3. The highest BCUT2D eigenvalue weighted by atomic mass is 79.9. The van der Waals surface area contributed by atoms with E-state index < -0.39 is 0 Å². The number of thiazole rings is 1. The molecule has 0 atom stereocenters. The number of hydrogen-bond donors (Lipinski definition) is 1. The van der Waals surface area contributed by atoms with Crippen LogP contribution in [0.25, 0.3) is 11.3 Å². The van der Waals surface area contributed by atoms with Crippen LogP contribution in [0.4, 0.5) is 0 Å². The van der Waals surface area contributed by atoms with Crippen molar-refractivity contribution in [3.05, 3.63) is 33.1 Å². The van der Waals surface area contributed by atoms with Crippen molar-refractivity contribution in [3.8, 4) is 17.0 Å². The van der Waals surface area contributed by atoms with Crippen molar-refractivity contribution in [2.24, 2.45) is 0 Å². The summed E-state index contributed by atoms with van der Waals surface area (Å²) in [6, 6.07) is 6.05. The highest BCUT2D eigenvalue weighted by Crippen LogP contribution is 2.31. The lowest BCUT2D eigenvalue weighted by Gasteiger charge is -2.06. The molecular formula is C13H15BrN2OS. The van der Waals surface area contributed by atoms with Gasteiger partial charge in [0, 0.05) is 17.5 Å². The molecule has 0 unspecified atom stereocenters. The number of hydrogen-bond acceptors (Lipinski definition) is 4. The number of ether oxygens (including phenoxy) is 1. The quantitative estimate of drug-likeness (QED) is 0.909. The zero-order valence-electron chi connectivity index (χ0n) is 10.4. The fraction of sp³-hybridized carbons (Fsp3) is 0.308. The molecule has 5 heteroatoms. The molecule has 2 aromatic rings. The van der Waals surface area contributed by atoms with Gasteiger partial charge in [0.2, 0.25) is 0 Å². The van der Waals surface area contributed by atoms with E-state index in [1.807, 2.05) is 32.2 Å². The number of benzene rings is 1. The first kappa shape index (κ1) is 13.5. The van der Waals surface area contributed by atoms with Gasteiger partial charge in [0.25, 0.3) is 0 Å². The molecule has 0 aliphatic heterocycles. The minimum atomic E-state index is 0.668. The van der Waals surface area contributed by atoms with Crippen molar-refractivity contribution < 1.29 is 4.74 Å². The van der Waals surface area contributed by atoms with E-state index in [0.717, 1.165) is 33.0 Å². The maximum absolute atomic E-state index is 5.50. The van der Waals surface area contributed by atoms with Gasteiger partial charge in [-0.3, -0.25) is 0 Å². The van der Waals surface area contributed by atoms with Crippen molar-refractivity contribution in [3.63, 3.8) is 0 Å². The van der Waals surface area contributed by atoms with Crippen molar-refractivity contribution in [2.75, 3.05) is 13.7 Å². The van der Waals surface area contributed by atoms with Gasteiger partial charge in [0.15, 0.2) is 0 Å². The van der Waals surface area contributed by atoms with Crippen molar-refractivity contribution >= 4 is 27.3 Å². The molecule has 1 heterocycles. The zero-order valence-corrected chi connectivity index (χ0v) is 12.8. The van der Waals surface area contributed by atoms with Crippen LogP contribution in [0.5, 0.6) is 5.75 Å². The van der Waals surface area contributed by atoms with E-state index in [-0.39, 0.29) is 0 Å². The van der Waals surface area contributed by atoms with E-state index in [9.17, 15) is 0 Å². The summed E-state index contributed by atoms with van der Waals surface area (Å²) in [5.41, 5.74) is 2.11. The Balaban J connectivity index is 2.24. The maximum Gasteiger partial charge on any atom is 0.133 e. The zero-order chi connectivity index (χ0) is 13.0. The SMILES string of the molecule is CCOc1ccc(-c2csc(CNC)n2)cc1Br. The minimum absolute atomic E-state index is 0.668. The molecule has 2 rings (SSSR count). The van der Waals surface area contributed by atoms with Crippen LogP contribution in [0, 0.1) is 0 Å². The van der Waals surface area contributed by atoms with Gasteiger partial charge in [-0.2, -0.15) is 0 Å². The Kier molecular flexibility index (Phi) is 4.74. The van der Waals surface area contributed by atoms with Crippen LogP contribution in [0.3, 0.4) is 0 Å². The van der Waals surface area contributed by atoms with E-state index in [4.69, 9.17) is 4.74 Å². The summed E-state index contributed by atoms with van der Waals surface area (Å²) in [6.45, 7) is 3.45. The molecule has 0 radical (unpaired) electrons. The second-order valence-electron chi connectivity index (χ2n) is 3.74. The van der Waals surface area contributed by atoms with Crippen LogP contribution in [0.1, 0.15) is 11.9 Å². The van der Waals surface area contributed by atoms with Crippen LogP contribution >= 0.6 is 27.3 Å². The Morgan fingerprint density at radius 1 is 1.44 bits per heavy atom. The molecule has 0 fully saturated rings. The van der Waals surface area contributed by atoms with Crippen LogP contribution in [-0.2, 0) is 6.54 Å². The number of nitrogens with one attached hydrogen (secondary N) is 1. The lowest BCUT2D eigenvalue weighted by molar-refractivity contribution is 0.338. The average Bonchev–Trinajstić information content (AvgIpc) is 2.81. The van der Waals surface area contributed by atoms with E-state index in [2.05, 4.69) is 31.6 Å². The molecule has 1 aromatic carbocycles. The van der Waals surface area contributed by atoms with Gasteiger partial charge in [-0.05, 0) is 48.1 Å². The molecule has 0 spiro atoms. The number of halogens is 1. The molecule has 3 nitrogen and oxygen atoms in total. The molecule has 1 aromatic heterocycles.